The number of nitrogens with zero attached hydrogens (tertiary/aromatic N) is 3. The number of benzene rings is 2. The number of para-hydroxylation sites is 2. The van der Waals surface area contributed by atoms with Gasteiger partial charge in [-0.3, -0.25) is 30.1 Å². The molecule has 0 saturated carbocycles. The maximum absolute atomic E-state index is 12.1. The minimum Gasteiger partial charge on any atom is -0.323 e. The maximum atomic E-state index is 12.1. The van der Waals surface area contributed by atoms with E-state index in [4.69, 9.17) is 11.6 Å². The molecule has 0 unspecified atom stereocenters. The van der Waals surface area contributed by atoms with Gasteiger partial charge in [0.15, 0.2) is 0 Å². The van der Waals surface area contributed by atoms with Crippen LogP contribution in [0.2, 0.25) is 5.02 Å². The van der Waals surface area contributed by atoms with Crippen molar-refractivity contribution in [3.05, 3.63) is 57.6 Å². The fraction of sp³-hybridized carbons (Fsp3) is 0.0625. The van der Waals surface area contributed by atoms with Crippen LogP contribution in [0.4, 0.5) is 17.3 Å². The molecule has 3 rings (SSSR count). The number of amides is 2. The molecule has 10 nitrogen and oxygen atoms in total. The molecule has 0 radical (unpaired) electrons. The van der Waals surface area contributed by atoms with E-state index in [1.54, 1.807) is 6.07 Å². The average Bonchev–Trinajstić information content (AvgIpc) is 3.07. The summed E-state index contributed by atoms with van der Waals surface area (Å²) in [4.78, 5) is 41.6. The van der Waals surface area contributed by atoms with Crippen molar-refractivity contribution in [2.75, 3.05) is 17.4 Å². The quantitative estimate of drug-likeness (QED) is 0.356. The number of halogens is 1. The number of H-pyrrole nitrogens is 1. The molecule has 0 aliphatic carbocycles. The first-order valence-corrected chi connectivity index (χ1v) is 7.97. The van der Waals surface area contributed by atoms with E-state index in [1.807, 2.05) is 18.2 Å². The molecular formula is C16H13ClN6O4. The van der Waals surface area contributed by atoms with E-state index in [0.29, 0.717) is 11.5 Å². The molecule has 2 amide bonds. The molecule has 0 fully saturated rings. The van der Waals surface area contributed by atoms with Gasteiger partial charge in [0.05, 0.1) is 16.0 Å². The van der Waals surface area contributed by atoms with E-state index in [0.717, 1.165) is 11.6 Å². The van der Waals surface area contributed by atoms with Crippen LogP contribution < -0.4 is 15.8 Å². The van der Waals surface area contributed by atoms with Gasteiger partial charge in [0.25, 0.3) is 5.69 Å². The molecule has 0 aliphatic rings. The number of carbonyl (C=O) groups is 2. The van der Waals surface area contributed by atoms with Crippen molar-refractivity contribution in [3.63, 3.8) is 0 Å². The van der Waals surface area contributed by atoms with Crippen LogP contribution in [0.5, 0.6) is 0 Å². The van der Waals surface area contributed by atoms with E-state index in [1.165, 1.54) is 24.2 Å². The fourth-order valence-corrected chi connectivity index (χ4v) is 2.46. The van der Waals surface area contributed by atoms with Crippen LogP contribution in [0.1, 0.15) is 0 Å². The summed E-state index contributed by atoms with van der Waals surface area (Å²) in [5.74, 6) is -1.65. The topological polar surface area (TPSA) is 133 Å². The molecule has 138 valence electrons. The first-order valence-electron chi connectivity index (χ1n) is 7.59. The molecule has 0 saturated heterocycles. The van der Waals surface area contributed by atoms with Crippen molar-refractivity contribution in [1.29, 1.82) is 0 Å². The second-order valence-corrected chi connectivity index (χ2v) is 5.86. The number of hydrogen-bond acceptors (Lipinski definition) is 6. The zero-order valence-electron chi connectivity index (χ0n) is 13.9. The van der Waals surface area contributed by atoms with Crippen LogP contribution >= 0.6 is 11.6 Å². The molecular weight excluding hydrogens is 376 g/mol. The third-order valence-electron chi connectivity index (χ3n) is 3.57. The Morgan fingerprint density at radius 1 is 1.22 bits per heavy atom. The standard InChI is InChI=1S/C16H13ClN6O4/c1-22(16-19-11-4-2-3-5-12(11)20-16)21-15(25)14(24)18-9-6-7-10(17)13(8-9)23(26)27/h2-8H,1H3,(H,18,24)(H,19,20)(H,21,25). The molecule has 0 spiro atoms. The number of fused-ring (bicyclic) bond motifs is 1. The lowest BCUT2D eigenvalue weighted by Crippen LogP contribution is -2.45. The summed E-state index contributed by atoms with van der Waals surface area (Å²) in [6, 6.07) is 11.0. The highest BCUT2D eigenvalue weighted by molar-refractivity contribution is 6.40. The highest BCUT2D eigenvalue weighted by Crippen LogP contribution is 2.27. The number of hydrazine groups is 1. The van der Waals surface area contributed by atoms with Gasteiger partial charge in [0, 0.05) is 18.8 Å². The monoisotopic (exact) mass is 388 g/mol. The molecule has 3 N–H and O–H groups in total. The van der Waals surface area contributed by atoms with Gasteiger partial charge in [-0.25, -0.2) is 4.98 Å². The number of imidazole rings is 1. The maximum Gasteiger partial charge on any atom is 0.328 e. The molecule has 3 aromatic rings. The number of anilines is 2. The van der Waals surface area contributed by atoms with Gasteiger partial charge < -0.3 is 10.3 Å². The van der Waals surface area contributed by atoms with Crippen molar-refractivity contribution in [2.45, 2.75) is 0 Å². The Morgan fingerprint density at radius 3 is 2.67 bits per heavy atom. The number of hydrogen-bond donors (Lipinski definition) is 3. The van der Waals surface area contributed by atoms with Gasteiger partial charge in [-0.15, -0.1) is 0 Å². The summed E-state index contributed by atoms with van der Waals surface area (Å²) in [5.41, 5.74) is 3.51. The second-order valence-electron chi connectivity index (χ2n) is 5.45. The Bertz CT molecular complexity index is 1020. The molecule has 11 heteroatoms. The van der Waals surface area contributed by atoms with Gasteiger partial charge in [-0.1, -0.05) is 23.7 Å². The number of nitrogens with one attached hydrogen (secondary N) is 3. The Hall–Kier alpha value is -3.66. The van der Waals surface area contributed by atoms with Gasteiger partial charge in [-0.2, -0.15) is 0 Å². The van der Waals surface area contributed by atoms with Crippen molar-refractivity contribution in [2.24, 2.45) is 0 Å². The zero-order valence-corrected chi connectivity index (χ0v) is 14.6. The molecule has 0 aliphatic heterocycles. The second kappa shape index (κ2) is 7.30. The lowest BCUT2D eigenvalue weighted by atomic mass is 10.3. The summed E-state index contributed by atoms with van der Waals surface area (Å²) in [6.45, 7) is 0. The zero-order chi connectivity index (χ0) is 19.6. The van der Waals surface area contributed by atoms with Crippen molar-refractivity contribution >= 4 is 51.8 Å². The van der Waals surface area contributed by atoms with E-state index < -0.39 is 16.7 Å². The average molecular weight is 389 g/mol. The van der Waals surface area contributed by atoms with E-state index in [9.17, 15) is 19.7 Å². The first kappa shape index (κ1) is 18.1. The van der Waals surface area contributed by atoms with Gasteiger partial charge in [-0.05, 0) is 24.3 Å². The normalized spacial score (nSPS) is 10.4. The summed E-state index contributed by atoms with van der Waals surface area (Å²) < 4.78 is 0. The Morgan fingerprint density at radius 2 is 1.96 bits per heavy atom. The van der Waals surface area contributed by atoms with Crippen LogP contribution in [0.25, 0.3) is 11.0 Å². The minimum atomic E-state index is -1.01. The molecule has 27 heavy (non-hydrogen) atoms. The number of aromatic nitrogens is 2. The largest absolute Gasteiger partial charge is 0.328 e. The molecule has 1 heterocycles. The summed E-state index contributed by atoms with van der Waals surface area (Å²) in [5, 5.41) is 14.3. The number of nitro groups is 1. The molecule has 0 bridgehead atoms. The van der Waals surface area contributed by atoms with E-state index >= 15 is 0 Å². The third kappa shape index (κ3) is 3.96. The third-order valence-corrected chi connectivity index (χ3v) is 3.89. The van der Waals surface area contributed by atoms with Crippen LogP contribution in [0.15, 0.2) is 42.5 Å². The Labute approximate surface area is 157 Å². The SMILES string of the molecule is CN(NC(=O)C(=O)Nc1ccc(Cl)c([N+](=O)[O-])c1)c1nc2ccccc2[nH]1. The molecule has 2 aromatic carbocycles. The van der Waals surface area contributed by atoms with Gasteiger partial charge in [0.1, 0.15) is 5.02 Å². The molecule has 1 aromatic heterocycles. The number of aromatic amines is 1. The number of nitro benzene ring substituents is 1. The van der Waals surface area contributed by atoms with Crippen molar-refractivity contribution in [3.8, 4) is 0 Å². The van der Waals surface area contributed by atoms with Gasteiger partial charge >= 0.3 is 11.8 Å². The lowest BCUT2D eigenvalue weighted by Gasteiger charge is -2.16. The van der Waals surface area contributed by atoms with E-state index in [-0.39, 0.29) is 16.4 Å². The smallest absolute Gasteiger partial charge is 0.323 e. The first-order chi connectivity index (χ1) is 12.8. The summed E-state index contributed by atoms with van der Waals surface area (Å²) in [6.07, 6.45) is 0. The molecule has 0 atom stereocenters. The Balaban J connectivity index is 1.67. The van der Waals surface area contributed by atoms with Crippen molar-refractivity contribution < 1.29 is 14.5 Å². The van der Waals surface area contributed by atoms with Gasteiger partial charge in [0.2, 0.25) is 5.95 Å². The predicted molar refractivity (Wildman–Crippen MR) is 99.4 cm³/mol. The number of rotatable bonds is 4. The summed E-state index contributed by atoms with van der Waals surface area (Å²) >= 11 is 5.71. The van der Waals surface area contributed by atoms with E-state index in [2.05, 4.69) is 20.7 Å². The Kier molecular flexibility index (Phi) is 4.90. The fourth-order valence-electron chi connectivity index (χ4n) is 2.27. The number of carbonyl (C=O) groups excluding carboxylic acids is 2. The predicted octanol–water partition coefficient (Wildman–Crippen LogP) is 2.23. The van der Waals surface area contributed by atoms with Crippen LogP contribution in [0, 0.1) is 10.1 Å². The van der Waals surface area contributed by atoms with Crippen molar-refractivity contribution in [1.82, 2.24) is 15.4 Å². The lowest BCUT2D eigenvalue weighted by molar-refractivity contribution is -0.384. The highest BCUT2D eigenvalue weighted by Gasteiger charge is 2.19. The minimum absolute atomic E-state index is 0.0673. The van der Waals surface area contributed by atoms with Crippen LogP contribution in [-0.4, -0.2) is 33.8 Å². The van der Waals surface area contributed by atoms with Crippen LogP contribution in [0.3, 0.4) is 0 Å². The van der Waals surface area contributed by atoms with Crippen LogP contribution in [-0.2, 0) is 9.59 Å². The highest BCUT2D eigenvalue weighted by atomic mass is 35.5. The summed E-state index contributed by atoms with van der Waals surface area (Å²) in [7, 11) is 1.51.